The summed E-state index contributed by atoms with van der Waals surface area (Å²) < 4.78 is 10.5. The first kappa shape index (κ1) is 16.1. The minimum atomic E-state index is -0.554. The minimum absolute atomic E-state index is 0.0853. The van der Waals surface area contributed by atoms with E-state index in [2.05, 4.69) is 0 Å². The Morgan fingerprint density at radius 3 is 2.26 bits per heavy atom. The SMILES string of the molecule is COc1cc(C(C)CC(O)C(C)N)c(OC)cc1Cl. The Morgan fingerprint density at radius 2 is 1.79 bits per heavy atom. The predicted octanol–water partition coefficient (Wildman–Crippen LogP) is 2.56. The highest BCUT2D eigenvalue weighted by molar-refractivity contribution is 6.32. The summed E-state index contributed by atoms with van der Waals surface area (Å²) >= 11 is 6.07. The third-order valence-electron chi connectivity index (χ3n) is 3.24. The summed E-state index contributed by atoms with van der Waals surface area (Å²) in [6, 6.07) is 3.31. The van der Waals surface area contributed by atoms with E-state index in [9.17, 15) is 5.11 Å². The minimum Gasteiger partial charge on any atom is -0.496 e. The van der Waals surface area contributed by atoms with E-state index in [4.69, 9.17) is 26.8 Å². The van der Waals surface area contributed by atoms with Crippen LogP contribution in [0.2, 0.25) is 5.02 Å². The second kappa shape index (κ2) is 6.98. The molecule has 108 valence electrons. The topological polar surface area (TPSA) is 64.7 Å². The molecule has 19 heavy (non-hydrogen) atoms. The van der Waals surface area contributed by atoms with Crippen molar-refractivity contribution in [3.8, 4) is 11.5 Å². The van der Waals surface area contributed by atoms with E-state index in [0.717, 1.165) is 5.56 Å². The van der Waals surface area contributed by atoms with Crippen LogP contribution in [0.25, 0.3) is 0 Å². The van der Waals surface area contributed by atoms with E-state index in [-0.39, 0.29) is 12.0 Å². The highest BCUT2D eigenvalue weighted by Gasteiger charge is 2.20. The molecule has 1 aromatic rings. The fourth-order valence-corrected chi connectivity index (χ4v) is 2.20. The summed E-state index contributed by atoms with van der Waals surface area (Å²) in [6.45, 7) is 3.80. The lowest BCUT2D eigenvalue weighted by atomic mass is 9.92. The van der Waals surface area contributed by atoms with Crippen molar-refractivity contribution in [1.29, 1.82) is 0 Å². The van der Waals surface area contributed by atoms with Crippen molar-refractivity contribution >= 4 is 11.6 Å². The quantitative estimate of drug-likeness (QED) is 0.844. The van der Waals surface area contributed by atoms with E-state index in [1.165, 1.54) is 0 Å². The number of aliphatic hydroxyl groups is 1. The van der Waals surface area contributed by atoms with Gasteiger partial charge in [-0.15, -0.1) is 0 Å². The van der Waals surface area contributed by atoms with Gasteiger partial charge in [-0.2, -0.15) is 0 Å². The van der Waals surface area contributed by atoms with Crippen LogP contribution in [0.4, 0.5) is 0 Å². The number of halogens is 1. The summed E-state index contributed by atoms with van der Waals surface area (Å²) in [6.07, 6.45) is 0.0000997. The molecular weight excluding hydrogens is 266 g/mol. The van der Waals surface area contributed by atoms with Crippen LogP contribution in [0, 0.1) is 0 Å². The van der Waals surface area contributed by atoms with Gasteiger partial charge in [0.2, 0.25) is 0 Å². The fourth-order valence-electron chi connectivity index (χ4n) is 1.97. The molecule has 0 aliphatic heterocycles. The number of nitrogens with two attached hydrogens (primary N) is 1. The average Bonchev–Trinajstić information content (AvgIpc) is 2.37. The molecule has 0 aromatic heterocycles. The van der Waals surface area contributed by atoms with Gasteiger partial charge < -0.3 is 20.3 Å². The maximum Gasteiger partial charge on any atom is 0.138 e. The molecule has 3 unspecified atom stereocenters. The molecular formula is C14H22ClNO3. The number of hydrogen-bond donors (Lipinski definition) is 2. The van der Waals surface area contributed by atoms with E-state index in [1.807, 2.05) is 13.0 Å². The molecule has 4 nitrogen and oxygen atoms in total. The number of ether oxygens (including phenoxy) is 2. The van der Waals surface area contributed by atoms with Gasteiger partial charge in [-0.25, -0.2) is 0 Å². The molecule has 5 heteroatoms. The van der Waals surface area contributed by atoms with Crippen molar-refractivity contribution in [2.45, 2.75) is 38.3 Å². The smallest absolute Gasteiger partial charge is 0.138 e. The highest BCUT2D eigenvalue weighted by atomic mass is 35.5. The Kier molecular flexibility index (Phi) is 5.91. The Hall–Kier alpha value is -0.970. The standard InChI is InChI=1S/C14H22ClNO3/c1-8(5-12(17)9(2)16)10-6-14(19-4)11(15)7-13(10)18-3/h6-9,12,17H,5,16H2,1-4H3. The first-order valence-corrected chi connectivity index (χ1v) is 6.63. The van der Waals surface area contributed by atoms with Gasteiger partial charge in [0.15, 0.2) is 0 Å². The first-order valence-electron chi connectivity index (χ1n) is 6.25. The van der Waals surface area contributed by atoms with Crippen LogP contribution in [-0.4, -0.2) is 31.5 Å². The zero-order chi connectivity index (χ0) is 14.6. The van der Waals surface area contributed by atoms with E-state index < -0.39 is 6.10 Å². The largest absolute Gasteiger partial charge is 0.496 e. The molecule has 0 aliphatic carbocycles. The first-order chi connectivity index (χ1) is 8.90. The van der Waals surface area contributed by atoms with Gasteiger partial charge >= 0.3 is 0 Å². The summed E-state index contributed by atoms with van der Waals surface area (Å²) in [5.74, 6) is 1.37. The molecule has 0 radical (unpaired) electrons. The van der Waals surface area contributed by atoms with E-state index >= 15 is 0 Å². The maximum absolute atomic E-state index is 9.88. The van der Waals surface area contributed by atoms with Crippen molar-refractivity contribution in [1.82, 2.24) is 0 Å². The molecule has 0 heterocycles. The third kappa shape index (κ3) is 4.00. The van der Waals surface area contributed by atoms with Crippen LogP contribution in [0.1, 0.15) is 31.7 Å². The van der Waals surface area contributed by atoms with Crippen LogP contribution in [0.3, 0.4) is 0 Å². The zero-order valence-corrected chi connectivity index (χ0v) is 12.6. The molecule has 0 amide bonds. The lowest BCUT2D eigenvalue weighted by Gasteiger charge is -2.22. The molecule has 0 spiro atoms. The van der Waals surface area contributed by atoms with Crippen LogP contribution in [0.15, 0.2) is 12.1 Å². The van der Waals surface area contributed by atoms with Crippen molar-refractivity contribution in [2.75, 3.05) is 14.2 Å². The van der Waals surface area contributed by atoms with Crippen LogP contribution >= 0.6 is 11.6 Å². The zero-order valence-electron chi connectivity index (χ0n) is 11.8. The molecule has 3 N–H and O–H groups in total. The second-order valence-corrected chi connectivity index (χ2v) is 5.20. The van der Waals surface area contributed by atoms with Crippen LogP contribution < -0.4 is 15.2 Å². The van der Waals surface area contributed by atoms with E-state index in [0.29, 0.717) is 22.9 Å². The molecule has 3 atom stereocenters. The number of rotatable bonds is 6. The monoisotopic (exact) mass is 287 g/mol. The Balaban J connectivity index is 3.03. The van der Waals surface area contributed by atoms with Gasteiger partial charge in [0.05, 0.1) is 25.3 Å². The van der Waals surface area contributed by atoms with Crippen molar-refractivity contribution in [3.05, 3.63) is 22.7 Å². The van der Waals surface area contributed by atoms with Crippen LogP contribution in [-0.2, 0) is 0 Å². The molecule has 0 fully saturated rings. The number of methoxy groups -OCH3 is 2. The molecule has 0 saturated heterocycles. The second-order valence-electron chi connectivity index (χ2n) is 4.79. The number of aliphatic hydroxyl groups excluding tert-OH is 1. The highest BCUT2D eigenvalue weighted by Crippen LogP contribution is 2.37. The molecule has 1 aromatic carbocycles. The summed E-state index contributed by atoms with van der Waals surface area (Å²) in [7, 11) is 3.16. The average molecular weight is 288 g/mol. The number of hydrogen-bond acceptors (Lipinski definition) is 4. The Labute approximate surface area is 119 Å². The molecule has 0 saturated carbocycles. The lowest BCUT2D eigenvalue weighted by Crippen LogP contribution is -2.32. The molecule has 0 bridgehead atoms. The normalized spacial score (nSPS) is 15.7. The Morgan fingerprint density at radius 1 is 1.21 bits per heavy atom. The fraction of sp³-hybridized carbons (Fsp3) is 0.571. The van der Waals surface area contributed by atoms with E-state index in [1.54, 1.807) is 27.2 Å². The van der Waals surface area contributed by atoms with Gasteiger partial charge in [-0.3, -0.25) is 0 Å². The van der Waals surface area contributed by atoms with Crippen molar-refractivity contribution in [3.63, 3.8) is 0 Å². The molecule has 1 rings (SSSR count). The summed E-state index contributed by atoms with van der Waals surface area (Å²) in [5.41, 5.74) is 6.63. The van der Waals surface area contributed by atoms with Crippen molar-refractivity contribution < 1.29 is 14.6 Å². The van der Waals surface area contributed by atoms with Gasteiger partial charge in [0, 0.05) is 17.7 Å². The number of benzene rings is 1. The maximum atomic E-state index is 9.88. The van der Waals surface area contributed by atoms with Gasteiger partial charge in [0.1, 0.15) is 11.5 Å². The van der Waals surface area contributed by atoms with Crippen LogP contribution in [0.5, 0.6) is 11.5 Å². The predicted molar refractivity (Wildman–Crippen MR) is 77.2 cm³/mol. The lowest BCUT2D eigenvalue weighted by molar-refractivity contribution is 0.134. The van der Waals surface area contributed by atoms with Crippen molar-refractivity contribution in [2.24, 2.45) is 5.73 Å². The molecule has 0 aliphatic rings. The van der Waals surface area contributed by atoms with Gasteiger partial charge in [-0.05, 0) is 25.3 Å². The summed E-state index contributed by atoms with van der Waals surface area (Å²) in [4.78, 5) is 0. The summed E-state index contributed by atoms with van der Waals surface area (Å²) in [5, 5.41) is 10.4. The Bertz CT molecular complexity index is 423. The van der Waals surface area contributed by atoms with Gasteiger partial charge in [0.25, 0.3) is 0 Å². The van der Waals surface area contributed by atoms with Gasteiger partial charge in [-0.1, -0.05) is 18.5 Å². The third-order valence-corrected chi connectivity index (χ3v) is 3.53.